The second kappa shape index (κ2) is 6.01. The Kier molecular flexibility index (Phi) is 3.91. The molecule has 1 aliphatic heterocycles. The fourth-order valence-electron chi connectivity index (χ4n) is 2.46. The summed E-state index contributed by atoms with van der Waals surface area (Å²) >= 11 is 0. The molecule has 1 aromatic carbocycles. The molecule has 3 rings (SSSR count). The molecular formula is C16H15FN2O3. The van der Waals surface area contributed by atoms with E-state index in [9.17, 15) is 14.0 Å². The molecule has 0 N–H and O–H groups in total. The van der Waals surface area contributed by atoms with Crippen LogP contribution >= 0.6 is 0 Å². The second-order valence-corrected chi connectivity index (χ2v) is 5.10. The molecule has 0 bridgehead atoms. The Morgan fingerprint density at radius 1 is 0.864 bits per heavy atom. The molecule has 2 aromatic rings. The van der Waals surface area contributed by atoms with Gasteiger partial charge in [0.2, 0.25) is 0 Å². The summed E-state index contributed by atoms with van der Waals surface area (Å²) in [6.45, 7) is 1.85. The van der Waals surface area contributed by atoms with E-state index in [1.54, 1.807) is 15.9 Å². The van der Waals surface area contributed by atoms with Crippen LogP contribution in [0.25, 0.3) is 0 Å². The Bertz CT molecular complexity index is 659. The first kappa shape index (κ1) is 14.3. The average Bonchev–Trinajstić information content (AvgIpc) is 3.09. The summed E-state index contributed by atoms with van der Waals surface area (Å²) in [7, 11) is 0. The highest BCUT2D eigenvalue weighted by atomic mass is 19.1. The number of carbonyl (C=O) groups is 2. The van der Waals surface area contributed by atoms with E-state index in [1.807, 2.05) is 0 Å². The number of furan rings is 1. The van der Waals surface area contributed by atoms with Crippen LogP contribution in [-0.4, -0.2) is 47.8 Å². The highest BCUT2D eigenvalue weighted by Crippen LogP contribution is 2.12. The van der Waals surface area contributed by atoms with Crippen LogP contribution in [0, 0.1) is 5.82 Å². The van der Waals surface area contributed by atoms with Gasteiger partial charge in [-0.15, -0.1) is 0 Å². The molecule has 2 amide bonds. The number of piperazine rings is 1. The minimum Gasteiger partial charge on any atom is -0.472 e. The molecule has 22 heavy (non-hydrogen) atoms. The van der Waals surface area contributed by atoms with Crippen molar-refractivity contribution >= 4 is 11.8 Å². The zero-order valence-electron chi connectivity index (χ0n) is 11.9. The number of benzene rings is 1. The van der Waals surface area contributed by atoms with Crippen LogP contribution < -0.4 is 0 Å². The van der Waals surface area contributed by atoms with Crippen molar-refractivity contribution in [2.45, 2.75) is 0 Å². The van der Waals surface area contributed by atoms with Gasteiger partial charge in [0.05, 0.1) is 11.8 Å². The largest absolute Gasteiger partial charge is 0.472 e. The zero-order valence-corrected chi connectivity index (χ0v) is 11.9. The van der Waals surface area contributed by atoms with Gasteiger partial charge >= 0.3 is 0 Å². The van der Waals surface area contributed by atoms with Crippen LogP contribution in [0.3, 0.4) is 0 Å². The molecule has 0 atom stereocenters. The van der Waals surface area contributed by atoms with Crippen LogP contribution in [0.5, 0.6) is 0 Å². The van der Waals surface area contributed by atoms with Gasteiger partial charge in [0.1, 0.15) is 12.1 Å². The Labute approximate surface area is 126 Å². The number of rotatable bonds is 2. The van der Waals surface area contributed by atoms with Gasteiger partial charge in [0.15, 0.2) is 0 Å². The number of nitrogens with zero attached hydrogens (tertiary/aromatic N) is 2. The fraction of sp³-hybridized carbons (Fsp3) is 0.250. The minimum atomic E-state index is -0.368. The molecule has 0 saturated carbocycles. The third kappa shape index (κ3) is 2.86. The molecule has 2 heterocycles. The van der Waals surface area contributed by atoms with Crippen molar-refractivity contribution in [2.75, 3.05) is 26.2 Å². The van der Waals surface area contributed by atoms with Crippen molar-refractivity contribution in [3.8, 4) is 0 Å². The smallest absolute Gasteiger partial charge is 0.257 e. The van der Waals surface area contributed by atoms with E-state index in [1.165, 1.54) is 36.8 Å². The highest BCUT2D eigenvalue weighted by molar-refractivity contribution is 5.95. The molecule has 0 spiro atoms. The zero-order chi connectivity index (χ0) is 15.5. The maximum atomic E-state index is 12.9. The second-order valence-electron chi connectivity index (χ2n) is 5.10. The molecule has 6 heteroatoms. The van der Waals surface area contributed by atoms with E-state index < -0.39 is 0 Å². The third-order valence-electron chi connectivity index (χ3n) is 3.71. The lowest BCUT2D eigenvalue weighted by atomic mass is 10.1. The lowest BCUT2D eigenvalue weighted by molar-refractivity contribution is 0.0535. The normalized spacial score (nSPS) is 15.0. The van der Waals surface area contributed by atoms with E-state index in [4.69, 9.17) is 4.42 Å². The van der Waals surface area contributed by atoms with Gasteiger partial charge in [0, 0.05) is 31.7 Å². The number of halogens is 1. The van der Waals surface area contributed by atoms with Crippen LogP contribution in [0.2, 0.25) is 0 Å². The average molecular weight is 302 g/mol. The van der Waals surface area contributed by atoms with Gasteiger partial charge in [0.25, 0.3) is 11.8 Å². The number of hydrogen-bond acceptors (Lipinski definition) is 3. The van der Waals surface area contributed by atoms with Gasteiger partial charge in [-0.05, 0) is 30.3 Å². The predicted octanol–water partition coefficient (Wildman–Crippen LogP) is 2.02. The summed E-state index contributed by atoms with van der Waals surface area (Å²) in [6.07, 6.45) is 2.87. The molecule has 0 unspecified atom stereocenters. The molecule has 0 radical (unpaired) electrons. The van der Waals surface area contributed by atoms with E-state index in [2.05, 4.69) is 0 Å². The van der Waals surface area contributed by atoms with Crippen LogP contribution in [0.4, 0.5) is 4.39 Å². The lowest BCUT2D eigenvalue weighted by Crippen LogP contribution is -2.50. The Morgan fingerprint density at radius 2 is 1.41 bits per heavy atom. The van der Waals surface area contributed by atoms with E-state index >= 15 is 0 Å². The van der Waals surface area contributed by atoms with Crippen molar-refractivity contribution in [3.05, 3.63) is 59.8 Å². The van der Waals surface area contributed by atoms with Crippen LogP contribution in [0.15, 0.2) is 47.3 Å². The number of carbonyl (C=O) groups excluding carboxylic acids is 2. The first-order chi connectivity index (χ1) is 10.6. The van der Waals surface area contributed by atoms with Gasteiger partial charge in [-0.3, -0.25) is 9.59 Å². The monoisotopic (exact) mass is 302 g/mol. The highest BCUT2D eigenvalue weighted by Gasteiger charge is 2.25. The van der Waals surface area contributed by atoms with E-state index in [-0.39, 0.29) is 17.6 Å². The summed E-state index contributed by atoms with van der Waals surface area (Å²) in [6, 6.07) is 7.11. The van der Waals surface area contributed by atoms with Crippen LogP contribution in [0.1, 0.15) is 20.7 Å². The SMILES string of the molecule is O=C(c1ccc(F)cc1)N1CCN(C(=O)c2ccoc2)CC1. The van der Waals surface area contributed by atoms with Crippen LogP contribution in [-0.2, 0) is 0 Å². The quantitative estimate of drug-likeness (QED) is 0.853. The van der Waals surface area contributed by atoms with E-state index in [0.717, 1.165) is 0 Å². The predicted molar refractivity (Wildman–Crippen MR) is 76.9 cm³/mol. The first-order valence-electron chi connectivity index (χ1n) is 7.01. The molecule has 0 aliphatic carbocycles. The number of hydrogen-bond donors (Lipinski definition) is 0. The minimum absolute atomic E-state index is 0.0948. The van der Waals surface area contributed by atoms with Gasteiger partial charge < -0.3 is 14.2 Å². The topological polar surface area (TPSA) is 53.8 Å². The summed E-state index contributed by atoms with van der Waals surface area (Å²) < 4.78 is 17.8. The first-order valence-corrected chi connectivity index (χ1v) is 7.01. The lowest BCUT2D eigenvalue weighted by Gasteiger charge is -2.34. The maximum absolute atomic E-state index is 12.9. The van der Waals surface area contributed by atoms with Gasteiger partial charge in [-0.25, -0.2) is 4.39 Å². The summed E-state index contributed by atoms with van der Waals surface area (Å²) in [4.78, 5) is 27.8. The van der Waals surface area contributed by atoms with Crippen molar-refractivity contribution in [2.24, 2.45) is 0 Å². The summed E-state index contributed by atoms with van der Waals surface area (Å²) in [5, 5.41) is 0. The molecular weight excluding hydrogens is 287 g/mol. The standard InChI is InChI=1S/C16H15FN2O3/c17-14-3-1-12(2-4-14)15(20)18-6-8-19(9-7-18)16(21)13-5-10-22-11-13/h1-5,10-11H,6-9H2. The van der Waals surface area contributed by atoms with Gasteiger partial charge in [-0.1, -0.05) is 0 Å². The van der Waals surface area contributed by atoms with E-state index in [0.29, 0.717) is 37.3 Å². The number of amides is 2. The van der Waals surface area contributed by atoms with Crippen molar-refractivity contribution in [3.63, 3.8) is 0 Å². The molecule has 5 nitrogen and oxygen atoms in total. The summed E-state index contributed by atoms with van der Waals surface area (Å²) in [5.74, 6) is -0.606. The Balaban J connectivity index is 1.60. The maximum Gasteiger partial charge on any atom is 0.257 e. The third-order valence-corrected chi connectivity index (χ3v) is 3.71. The molecule has 114 valence electrons. The molecule has 1 aromatic heterocycles. The van der Waals surface area contributed by atoms with Crippen molar-refractivity contribution in [1.29, 1.82) is 0 Å². The molecule has 1 fully saturated rings. The van der Waals surface area contributed by atoms with Crippen molar-refractivity contribution < 1.29 is 18.4 Å². The Morgan fingerprint density at radius 3 is 1.91 bits per heavy atom. The molecule has 1 aliphatic rings. The Hall–Kier alpha value is -2.63. The fourth-order valence-corrected chi connectivity index (χ4v) is 2.46. The van der Waals surface area contributed by atoms with Gasteiger partial charge in [-0.2, -0.15) is 0 Å². The van der Waals surface area contributed by atoms with Crippen molar-refractivity contribution in [1.82, 2.24) is 9.80 Å². The summed E-state index contributed by atoms with van der Waals surface area (Å²) in [5.41, 5.74) is 0.967. The molecule has 1 saturated heterocycles.